The van der Waals surface area contributed by atoms with Gasteiger partial charge in [-0.25, -0.2) is 4.57 Å². The quantitative estimate of drug-likeness (QED) is 0.159. The van der Waals surface area contributed by atoms with Crippen molar-refractivity contribution in [1.82, 2.24) is 0 Å². The van der Waals surface area contributed by atoms with Crippen molar-refractivity contribution in [2.75, 3.05) is 0 Å². The van der Waals surface area contributed by atoms with E-state index in [-0.39, 0.29) is 10.8 Å². The standard InChI is InChI=1S/C35H38NS/c1-20-10-12-25-27(16-20)21(2)30-32-31-26(14-15-36(32)9)24-13-11-23(35(6,7)8)17-22(24)18-29(31)37-33(30)28(25)19-34(3,4)5/h10-18H,19H2,1-9H3/q+1. The van der Waals surface area contributed by atoms with Crippen LogP contribution in [-0.2, 0) is 18.9 Å². The second-order valence-corrected chi connectivity index (χ2v) is 14.4. The first-order valence-corrected chi connectivity index (χ1v) is 14.3. The molecule has 0 radical (unpaired) electrons. The molecule has 0 aliphatic carbocycles. The average Bonchev–Trinajstić information content (AvgIpc) is 2.81. The molecule has 2 heterocycles. The van der Waals surface area contributed by atoms with Crippen molar-refractivity contribution in [2.45, 2.75) is 77.0 Å². The molecular weight excluding hydrogens is 466 g/mol. The number of rotatable bonds is 1. The van der Waals surface area contributed by atoms with Gasteiger partial charge in [0.1, 0.15) is 7.05 Å². The molecule has 2 heteroatoms. The Bertz CT molecular complexity index is 1760. The topological polar surface area (TPSA) is 3.88 Å². The lowest BCUT2D eigenvalue weighted by Gasteiger charge is -2.28. The molecule has 37 heavy (non-hydrogen) atoms. The van der Waals surface area contributed by atoms with Gasteiger partial charge in [-0.05, 0) is 75.4 Å². The van der Waals surface area contributed by atoms with Crippen LogP contribution in [0.3, 0.4) is 0 Å². The zero-order valence-electron chi connectivity index (χ0n) is 23.8. The lowest BCUT2D eigenvalue weighted by Crippen LogP contribution is -2.32. The first kappa shape index (κ1) is 24.5. The number of hydrogen-bond acceptors (Lipinski definition) is 1. The summed E-state index contributed by atoms with van der Waals surface area (Å²) in [6, 6.07) is 18.9. The summed E-state index contributed by atoms with van der Waals surface area (Å²) >= 11 is 2.00. The second kappa shape index (κ2) is 8.08. The molecule has 0 atom stereocenters. The lowest BCUT2D eigenvalue weighted by molar-refractivity contribution is -0.659. The smallest absolute Gasteiger partial charge is 0.200 e. The van der Waals surface area contributed by atoms with Crippen molar-refractivity contribution in [1.29, 1.82) is 0 Å². The Labute approximate surface area is 225 Å². The van der Waals surface area contributed by atoms with Gasteiger partial charge in [0.25, 0.3) is 0 Å². The van der Waals surface area contributed by atoms with Crippen LogP contribution in [0.1, 0.15) is 63.8 Å². The summed E-state index contributed by atoms with van der Waals surface area (Å²) < 4.78 is 2.36. The maximum Gasteiger partial charge on any atom is 0.222 e. The first-order valence-electron chi connectivity index (χ1n) is 13.5. The van der Waals surface area contributed by atoms with Crippen molar-refractivity contribution in [3.63, 3.8) is 0 Å². The lowest BCUT2D eigenvalue weighted by atomic mass is 9.82. The third-order valence-corrected chi connectivity index (χ3v) is 9.20. The van der Waals surface area contributed by atoms with E-state index in [1.54, 1.807) is 0 Å². The van der Waals surface area contributed by atoms with Crippen LogP contribution in [0, 0.1) is 19.3 Å². The van der Waals surface area contributed by atoms with E-state index >= 15 is 0 Å². The predicted molar refractivity (Wildman–Crippen MR) is 161 cm³/mol. The fourth-order valence-corrected chi connectivity index (χ4v) is 7.51. The van der Waals surface area contributed by atoms with Crippen LogP contribution in [0.25, 0.3) is 43.6 Å². The number of aromatic nitrogens is 1. The van der Waals surface area contributed by atoms with Gasteiger partial charge in [0.05, 0.1) is 10.9 Å². The Kier molecular flexibility index (Phi) is 5.35. The minimum atomic E-state index is 0.127. The Morgan fingerprint density at radius 1 is 0.784 bits per heavy atom. The highest BCUT2D eigenvalue weighted by molar-refractivity contribution is 8.00. The molecule has 6 rings (SSSR count). The molecule has 1 nitrogen and oxygen atoms in total. The van der Waals surface area contributed by atoms with Crippen LogP contribution in [0.15, 0.2) is 64.5 Å². The number of pyridine rings is 1. The molecule has 1 aliphatic rings. The molecule has 0 fully saturated rings. The number of aryl methyl sites for hydroxylation is 3. The van der Waals surface area contributed by atoms with E-state index in [9.17, 15) is 0 Å². The fourth-order valence-electron chi connectivity index (χ4n) is 6.13. The summed E-state index contributed by atoms with van der Waals surface area (Å²) in [6.45, 7) is 18.5. The molecule has 1 aromatic heterocycles. The molecule has 188 valence electrons. The molecule has 4 aromatic carbocycles. The molecule has 0 amide bonds. The third kappa shape index (κ3) is 3.87. The van der Waals surface area contributed by atoms with Crippen molar-refractivity contribution in [3.05, 3.63) is 77.0 Å². The van der Waals surface area contributed by atoms with Crippen LogP contribution >= 0.6 is 11.8 Å². The summed E-state index contributed by atoms with van der Waals surface area (Å²) in [6.07, 6.45) is 3.32. The summed E-state index contributed by atoms with van der Waals surface area (Å²) in [5.74, 6) is 0. The van der Waals surface area contributed by atoms with Gasteiger partial charge >= 0.3 is 0 Å². The third-order valence-electron chi connectivity index (χ3n) is 8.00. The van der Waals surface area contributed by atoms with Crippen molar-refractivity contribution in [3.8, 4) is 11.3 Å². The van der Waals surface area contributed by atoms with Gasteiger partial charge in [-0.15, -0.1) is 0 Å². The van der Waals surface area contributed by atoms with Gasteiger partial charge in [-0.3, -0.25) is 0 Å². The molecular formula is C35H38NS+. The minimum absolute atomic E-state index is 0.127. The second-order valence-electron chi connectivity index (χ2n) is 13.3. The van der Waals surface area contributed by atoms with E-state index in [4.69, 9.17) is 0 Å². The Balaban J connectivity index is 1.77. The van der Waals surface area contributed by atoms with E-state index < -0.39 is 0 Å². The van der Waals surface area contributed by atoms with E-state index in [0.29, 0.717) is 0 Å². The number of benzene rings is 4. The Morgan fingerprint density at radius 2 is 1.51 bits per heavy atom. The SMILES string of the molecule is Cc1ccc2c(CC(C)(C)C)c3c(c(C)c2c1)-c1c2c(cc4cc(C(C)(C)C)ccc4c2cc[n+]1C)S3. The van der Waals surface area contributed by atoms with Crippen LogP contribution in [0.4, 0.5) is 0 Å². The van der Waals surface area contributed by atoms with E-state index in [1.807, 2.05) is 11.8 Å². The number of hydrogen-bond donors (Lipinski definition) is 0. The van der Waals surface area contributed by atoms with Gasteiger partial charge < -0.3 is 0 Å². The molecule has 0 saturated carbocycles. The monoisotopic (exact) mass is 504 g/mol. The number of nitrogens with zero attached hydrogens (tertiary/aromatic N) is 1. The van der Waals surface area contributed by atoms with Crippen molar-refractivity contribution in [2.24, 2.45) is 12.5 Å². The highest BCUT2D eigenvalue weighted by Gasteiger charge is 2.33. The van der Waals surface area contributed by atoms with Gasteiger partial charge in [0.15, 0.2) is 6.20 Å². The largest absolute Gasteiger partial charge is 0.222 e. The molecule has 1 aliphatic heterocycles. The minimum Gasteiger partial charge on any atom is -0.200 e. The average molecular weight is 505 g/mol. The Hall–Kier alpha value is -2.84. The molecule has 5 aromatic rings. The molecule has 0 N–H and O–H groups in total. The summed E-state index contributed by atoms with van der Waals surface area (Å²) in [5.41, 5.74) is 8.72. The van der Waals surface area contributed by atoms with E-state index in [1.165, 1.54) is 75.6 Å². The first-order chi connectivity index (χ1) is 17.3. The molecule has 0 spiro atoms. The van der Waals surface area contributed by atoms with Crippen LogP contribution in [-0.4, -0.2) is 0 Å². The van der Waals surface area contributed by atoms with E-state index in [2.05, 4.69) is 122 Å². The number of fused-ring (bicyclic) bond motifs is 5. The van der Waals surface area contributed by atoms with Crippen molar-refractivity contribution >= 4 is 44.1 Å². The summed E-state index contributed by atoms with van der Waals surface area (Å²) in [7, 11) is 2.22. The van der Waals surface area contributed by atoms with E-state index in [0.717, 1.165) is 6.42 Å². The zero-order chi connectivity index (χ0) is 26.4. The molecule has 0 saturated heterocycles. The van der Waals surface area contributed by atoms with Crippen LogP contribution < -0.4 is 4.57 Å². The maximum atomic E-state index is 2.46. The van der Waals surface area contributed by atoms with Gasteiger partial charge in [-0.2, -0.15) is 0 Å². The summed E-state index contributed by atoms with van der Waals surface area (Å²) in [5, 5.41) is 8.27. The van der Waals surface area contributed by atoms with Gasteiger partial charge in [0.2, 0.25) is 5.69 Å². The predicted octanol–water partition coefficient (Wildman–Crippen LogP) is 9.61. The highest BCUT2D eigenvalue weighted by Crippen LogP contribution is 2.53. The highest BCUT2D eigenvalue weighted by atomic mass is 32.2. The molecule has 0 bridgehead atoms. The Morgan fingerprint density at radius 3 is 2.22 bits per heavy atom. The van der Waals surface area contributed by atoms with Gasteiger partial charge in [0, 0.05) is 21.2 Å². The summed E-state index contributed by atoms with van der Waals surface area (Å²) in [4.78, 5) is 2.83. The van der Waals surface area contributed by atoms with Gasteiger partial charge in [-0.1, -0.05) is 95.3 Å². The van der Waals surface area contributed by atoms with Crippen molar-refractivity contribution < 1.29 is 4.57 Å². The van der Waals surface area contributed by atoms with Crippen LogP contribution in [0.2, 0.25) is 0 Å². The fraction of sp³-hybridized carbons (Fsp3) is 0.343. The normalized spacial score (nSPS) is 13.5. The molecule has 0 unspecified atom stereocenters. The zero-order valence-corrected chi connectivity index (χ0v) is 24.6. The van der Waals surface area contributed by atoms with Crippen LogP contribution in [0.5, 0.6) is 0 Å². The maximum absolute atomic E-state index is 2.46.